The molecule has 3 nitrogen and oxygen atoms in total. The van der Waals surface area contributed by atoms with Gasteiger partial charge in [-0.1, -0.05) is 47.5 Å². The highest BCUT2D eigenvalue weighted by molar-refractivity contribution is 6.31. The first-order valence-corrected chi connectivity index (χ1v) is 7.52. The summed E-state index contributed by atoms with van der Waals surface area (Å²) in [5, 5.41) is 0.606. The average Bonchev–Trinajstić information content (AvgIpc) is 2.97. The molecule has 0 aromatic heterocycles. The Kier molecular flexibility index (Phi) is 4.13. The number of ether oxygens (including phenoxy) is 1. The van der Waals surface area contributed by atoms with E-state index in [1.165, 1.54) is 18.3 Å². The second-order valence-corrected chi connectivity index (χ2v) is 5.81. The topological polar surface area (TPSA) is 29.5 Å². The Balaban J connectivity index is 1.92. The van der Waals surface area contributed by atoms with Crippen LogP contribution in [0.3, 0.4) is 0 Å². The molecule has 1 aliphatic heterocycles. The molecule has 0 unspecified atom stereocenters. The third-order valence-electron chi connectivity index (χ3n) is 4.20. The summed E-state index contributed by atoms with van der Waals surface area (Å²) in [7, 11) is 1.43. The molecule has 21 heavy (non-hydrogen) atoms. The van der Waals surface area contributed by atoms with Crippen molar-refractivity contribution in [3.63, 3.8) is 0 Å². The van der Waals surface area contributed by atoms with Crippen LogP contribution in [0.4, 0.5) is 0 Å². The first-order chi connectivity index (χ1) is 10.2. The predicted octanol–water partition coefficient (Wildman–Crippen LogP) is 3.52. The lowest BCUT2D eigenvalue weighted by Gasteiger charge is -2.34. The number of carbonyl (C=O) groups is 1. The standard InChI is InChI=1S/C17H18ClNO2/c1-21-17(20)16(14-7-2-3-8-15(14)18)19-10-9-12-5-4-6-13(12)11-19/h2-4,6-8,16H,5,9-11H2,1H3/t16-/m0/s1. The molecular formula is C17H18ClNO2. The Bertz CT molecular complexity index is 621. The highest BCUT2D eigenvalue weighted by atomic mass is 35.5. The normalized spacial score (nSPS) is 19.5. The Morgan fingerprint density at radius 3 is 2.95 bits per heavy atom. The predicted molar refractivity (Wildman–Crippen MR) is 83.2 cm³/mol. The van der Waals surface area contributed by atoms with Crippen molar-refractivity contribution in [1.82, 2.24) is 4.90 Å². The second-order valence-electron chi connectivity index (χ2n) is 5.40. The van der Waals surface area contributed by atoms with E-state index in [4.69, 9.17) is 16.3 Å². The van der Waals surface area contributed by atoms with Crippen LogP contribution in [0.2, 0.25) is 5.02 Å². The molecule has 0 fully saturated rings. The third kappa shape index (κ3) is 2.76. The molecule has 1 aliphatic carbocycles. The van der Waals surface area contributed by atoms with Crippen molar-refractivity contribution in [2.75, 3.05) is 20.2 Å². The van der Waals surface area contributed by atoms with Crippen molar-refractivity contribution in [3.05, 3.63) is 58.1 Å². The van der Waals surface area contributed by atoms with Crippen LogP contribution in [-0.4, -0.2) is 31.1 Å². The molecule has 4 heteroatoms. The molecule has 3 rings (SSSR count). The fourth-order valence-corrected chi connectivity index (χ4v) is 3.34. The van der Waals surface area contributed by atoms with Gasteiger partial charge in [0.15, 0.2) is 0 Å². The summed E-state index contributed by atoms with van der Waals surface area (Å²) in [5.74, 6) is -0.255. The van der Waals surface area contributed by atoms with Gasteiger partial charge in [0, 0.05) is 18.1 Å². The van der Waals surface area contributed by atoms with Gasteiger partial charge in [-0.25, -0.2) is 4.79 Å². The van der Waals surface area contributed by atoms with E-state index in [-0.39, 0.29) is 5.97 Å². The van der Waals surface area contributed by atoms with E-state index in [9.17, 15) is 4.79 Å². The smallest absolute Gasteiger partial charge is 0.327 e. The van der Waals surface area contributed by atoms with Gasteiger partial charge in [0.05, 0.1) is 7.11 Å². The molecule has 0 spiro atoms. The van der Waals surface area contributed by atoms with E-state index in [1.807, 2.05) is 24.3 Å². The minimum atomic E-state index is -0.438. The van der Waals surface area contributed by atoms with Gasteiger partial charge < -0.3 is 4.74 Å². The summed E-state index contributed by atoms with van der Waals surface area (Å²) in [6.45, 7) is 1.63. The van der Waals surface area contributed by atoms with Crippen molar-refractivity contribution >= 4 is 17.6 Å². The van der Waals surface area contributed by atoms with Crippen LogP contribution in [-0.2, 0) is 9.53 Å². The molecule has 2 aliphatic rings. The zero-order chi connectivity index (χ0) is 14.8. The Morgan fingerprint density at radius 1 is 1.38 bits per heavy atom. The maximum Gasteiger partial charge on any atom is 0.327 e. The lowest BCUT2D eigenvalue weighted by molar-refractivity contribution is -0.147. The molecule has 110 valence electrons. The fraction of sp³-hybridized carbons (Fsp3) is 0.353. The molecule has 1 aromatic carbocycles. The number of carbonyl (C=O) groups excluding carboxylic acids is 1. The minimum Gasteiger partial charge on any atom is -0.468 e. The Hall–Kier alpha value is -1.58. The summed E-state index contributed by atoms with van der Waals surface area (Å²) in [4.78, 5) is 14.5. The Morgan fingerprint density at radius 2 is 2.19 bits per heavy atom. The fourth-order valence-electron chi connectivity index (χ4n) is 3.10. The molecule has 1 aromatic rings. The Labute approximate surface area is 129 Å². The first-order valence-electron chi connectivity index (χ1n) is 7.14. The maximum atomic E-state index is 12.3. The largest absolute Gasteiger partial charge is 0.468 e. The zero-order valence-corrected chi connectivity index (χ0v) is 12.8. The van der Waals surface area contributed by atoms with Crippen molar-refractivity contribution in [2.45, 2.75) is 18.9 Å². The van der Waals surface area contributed by atoms with Gasteiger partial charge in [0.2, 0.25) is 0 Å². The summed E-state index contributed by atoms with van der Waals surface area (Å²) >= 11 is 6.29. The van der Waals surface area contributed by atoms with Crippen LogP contribution < -0.4 is 0 Å². The van der Waals surface area contributed by atoms with Gasteiger partial charge in [-0.3, -0.25) is 4.90 Å². The molecule has 0 saturated carbocycles. The third-order valence-corrected chi connectivity index (χ3v) is 4.55. The molecule has 1 heterocycles. The number of rotatable bonds is 3. The van der Waals surface area contributed by atoms with E-state index in [1.54, 1.807) is 0 Å². The van der Waals surface area contributed by atoms with Crippen LogP contribution >= 0.6 is 11.6 Å². The highest BCUT2D eigenvalue weighted by Gasteiger charge is 2.33. The monoisotopic (exact) mass is 303 g/mol. The van der Waals surface area contributed by atoms with Gasteiger partial charge in [-0.05, 0) is 30.0 Å². The van der Waals surface area contributed by atoms with E-state index in [0.29, 0.717) is 5.02 Å². The van der Waals surface area contributed by atoms with E-state index >= 15 is 0 Å². The number of halogens is 1. The molecule has 0 amide bonds. The quantitative estimate of drug-likeness (QED) is 0.800. The number of nitrogens with zero attached hydrogens (tertiary/aromatic N) is 1. The SMILES string of the molecule is COC(=O)[C@H](c1ccccc1Cl)N1CCC2=C(C=CC2)C1. The molecule has 1 atom stereocenters. The van der Waals surface area contributed by atoms with Crippen LogP contribution in [0, 0.1) is 0 Å². The van der Waals surface area contributed by atoms with Crippen LogP contribution in [0.5, 0.6) is 0 Å². The molecule has 0 saturated heterocycles. The summed E-state index contributed by atoms with van der Waals surface area (Å²) in [5.41, 5.74) is 3.65. The van der Waals surface area contributed by atoms with Gasteiger partial charge >= 0.3 is 5.97 Å². The molecule has 0 radical (unpaired) electrons. The number of methoxy groups -OCH3 is 1. The van der Waals surface area contributed by atoms with E-state index in [0.717, 1.165) is 31.5 Å². The van der Waals surface area contributed by atoms with Gasteiger partial charge in [0.25, 0.3) is 0 Å². The van der Waals surface area contributed by atoms with Crippen LogP contribution in [0.15, 0.2) is 47.6 Å². The van der Waals surface area contributed by atoms with Crippen molar-refractivity contribution in [2.24, 2.45) is 0 Å². The number of benzene rings is 1. The zero-order valence-electron chi connectivity index (χ0n) is 12.0. The van der Waals surface area contributed by atoms with Crippen LogP contribution in [0.1, 0.15) is 24.4 Å². The number of esters is 1. The summed E-state index contributed by atoms with van der Waals surface area (Å²) in [6.07, 6.45) is 6.41. The van der Waals surface area contributed by atoms with Gasteiger partial charge in [-0.2, -0.15) is 0 Å². The molecule has 0 N–H and O–H groups in total. The van der Waals surface area contributed by atoms with E-state index in [2.05, 4.69) is 17.1 Å². The van der Waals surface area contributed by atoms with Crippen LogP contribution in [0.25, 0.3) is 0 Å². The number of allylic oxidation sites excluding steroid dienone is 1. The van der Waals surface area contributed by atoms with Gasteiger partial charge in [0.1, 0.15) is 6.04 Å². The number of hydrogen-bond acceptors (Lipinski definition) is 3. The van der Waals surface area contributed by atoms with Crippen molar-refractivity contribution in [3.8, 4) is 0 Å². The van der Waals surface area contributed by atoms with Gasteiger partial charge in [-0.15, -0.1) is 0 Å². The van der Waals surface area contributed by atoms with E-state index < -0.39 is 6.04 Å². The lowest BCUT2D eigenvalue weighted by Crippen LogP contribution is -2.39. The minimum absolute atomic E-state index is 0.255. The first kappa shape index (κ1) is 14.4. The average molecular weight is 304 g/mol. The lowest BCUT2D eigenvalue weighted by atomic mass is 9.98. The summed E-state index contributed by atoms with van der Waals surface area (Å²) in [6, 6.07) is 7.06. The van der Waals surface area contributed by atoms with Crippen molar-refractivity contribution < 1.29 is 9.53 Å². The molecular weight excluding hydrogens is 286 g/mol. The summed E-state index contributed by atoms with van der Waals surface area (Å²) < 4.78 is 5.01. The highest BCUT2D eigenvalue weighted by Crippen LogP contribution is 2.34. The molecule has 0 bridgehead atoms. The second kappa shape index (κ2) is 6.04. The number of hydrogen-bond donors (Lipinski definition) is 0. The van der Waals surface area contributed by atoms with Crippen molar-refractivity contribution in [1.29, 1.82) is 0 Å². The maximum absolute atomic E-state index is 12.3.